The molecule has 0 heterocycles. The molecule has 0 spiro atoms. The minimum atomic E-state index is -4.01. The van der Waals surface area contributed by atoms with Crippen LogP contribution in [-0.2, 0) is 10.0 Å². The summed E-state index contributed by atoms with van der Waals surface area (Å²) in [6.07, 6.45) is 0. The third-order valence-electron chi connectivity index (χ3n) is 3.13. The summed E-state index contributed by atoms with van der Waals surface area (Å²) in [5.41, 5.74) is 5.93. The number of amides is 1. The van der Waals surface area contributed by atoms with Crippen LogP contribution < -0.4 is 15.8 Å². The van der Waals surface area contributed by atoms with E-state index in [2.05, 4.69) is 10.0 Å². The number of hydrogen-bond acceptors (Lipinski definition) is 5. The Bertz CT molecular complexity index is 867. The van der Waals surface area contributed by atoms with Crippen LogP contribution in [0, 0.1) is 0 Å². The molecule has 0 aliphatic rings. The average Bonchev–Trinajstić information content (AvgIpc) is 2.51. The van der Waals surface area contributed by atoms with Gasteiger partial charge >= 0.3 is 0 Å². The van der Waals surface area contributed by atoms with Gasteiger partial charge in [-0.05, 0) is 43.3 Å². The molecule has 2 aromatic rings. The Balaban J connectivity index is 2.35. The Labute approximate surface area is 144 Å². The van der Waals surface area contributed by atoms with Gasteiger partial charge in [-0.25, -0.2) is 8.42 Å². The fourth-order valence-electron chi connectivity index (χ4n) is 1.99. The zero-order chi connectivity index (χ0) is 17.9. The van der Waals surface area contributed by atoms with Gasteiger partial charge in [-0.1, -0.05) is 11.6 Å². The highest BCUT2D eigenvalue weighted by Crippen LogP contribution is 2.31. The van der Waals surface area contributed by atoms with E-state index >= 15 is 0 Å². The molecular formula is C15H16ClN3O4S. The van der Waals surface area contributed by atoms with Crippen LogP contribution in [0.1, 0.15) is 17.3 Å². The van der Waals surface area contributed by atoms with E-state index in [1.807, 2.05) is 6.92 Å². The van der Waals surface area contributed by atoms with Gasteiger partial charge in [0, 0.05) is 17.9 Å². The lowest BCUT2D eigenvalue weighted by Crippen LogP contribution is -2.16. The number of phenols is 1. The highest BCUT2D eigenvalue weighted by atomic mass is 35.5. The molecule has 2 aromatic carbocycles. The largest absolute Gasteiger partial charge is 0.506 e. The zero-order valence-electron chi connectivity index (χ0n) is 12.7. The molecule has 2 rings (SSSR count). The van der Waals surface area contributed by atoms with Gasteiger partial charge in [0.25, 0.3) is 15.9 Å². The van der Waals surface area contributed by atoms with Gasteiger partial charge < -0.3 is 16.2 Å². The number of primary amides is 1. The molecule has 0 atom stereocenters. The number of sulfonamides is 1. The van der Waals surface area contributed by atoms with Gasteiger partial charge in [0.05, 0.1) is 15.5 Å². The SMILES string of the molecule is CCNc1ccc(NS(=O)(=O)c2cc(Cl)c(O)c(C(N)=O)c2)cc1. The summed E-state index contributed by atoms with van der Waals surface area (Å²) in [5, 5.41) is 12.5. The number of nitrogens with two attached hydrogens (primary N) is 1. The molecule has 5 N–H and O–H groups in total. The number of aromatic hydroxyl groups is 1. The monoisotopic (exact) mass is 369 g/mol. The summed E-state index contributed by atoms with van der Waals surface area (Å²) in [6.45, 7) is 2.69. The first kappa shape index (κ1) is 17.9. The molecule has 0 saturated carbocycles. The highest BCUT2D eigenvalue weighted by molar-refractivity contribution is 7.92. The number of nitrogens with one attached hydrogen (secondary N) is 2. The lowest BCUT2D eigenvalue weighted by molar-refractivity contribution is 0.0997. The summed E-state index contributed by atoms with van der Waals surface area (Å²) in [5.74, 6) is -1.54. The van der Waals surface area contributed by atoms with E-state index in [1.54, 1.807) is 24.3 Å². The quantitative estimate of drug-likeness (QED) is 0.622. The van der Waals surface area contributed by atoms with Crippen LogP contribution in [0.4, 0.5) is 11.4 Å². The van der Waals surface area contributed by atoms with E-state index < -0.39 is 21.7 Å². The first-order valence-electron chi connectivity index (χ1n) is 6.93. The summed E-state index contributed by atoms with van der Waals surface area (Å²) in [6, 6.07) is 8.64. The fraction of sp³-hybridized carbons (Fsp3) is 0.133. The van der Waals surface area contributed by atoms with E-state index in [0.29, 0.717) is 5.69 Å². The van der Waals surface area contributed by atoms with Crippen molar-refractivity contribution in [3.8, 4) is 5.75 Å². The lowest BCUT2D eigenvalue weighted by Gasteiger charge is -2.11. The van der Waals surface area contributed by atoms with Crippen molar-refractivity contribution < 1.29 is 18.3 Å². The topological polar surface area (TPSA) is 122 Å². The summed E-state index contributed by atoms with van der Waals surface area (Å²) < 4.78 is 27.2. The van der Waals surface area contributed by atoms with E-state index in [0.717, 1.165) is 24.4 Å². The van der Waals surface area contributed by atoms with Gasteiger partial charge in [-0.2, -0.15) is 0 Å². The Morgan fingerprint density at radius 1 is 1.21 bits per heavy atom. The molecule has 128 valence electrons. The Kier molecular flexibility index (Phi) is 5.20. The molecule has 0 unspecified atom stereocenters. The van der Waals surface area contributed by atoms with Crippen LogP contribution >= 0.6 is 11.6 Å². The number of anilines is 2. The van der Waals surface area contributed by atoms with E-state index in [-0.39, 0.29) is 15.5 Å². The highest BCUT2D eigenvalue weighted by Gasteiger charge is 2.21. The van der Waals surface area contributed by atoms with Crippen molar-refractivity contribution in [1.29, 1.82) is 0 Å². The minimum absolute atomic E-state index is 0.283. The first-order valence-corrected chi connectivity index (χ1v) is 8.79. The molecular weight excluding hydrogens is 354 g/mol. The first-order chi connectivity index (χ1) is 11.2. The molecule has 0 bridgehead atoms. The second kappa shape index (κ2) is 6.98. The molecule has 0 aliphatic heterocycles. The summed E-state index contributed by atoms with van der Waals surface area (Å²) >= 11 is 5.77. The van der Waals surface area contributed by atoms with Crippen molar-refractivity contribution in [3.63, 3.8) is 0 Å². The molecule has 1 amide bonds. The standard InChI is InChI=1S/C15H16ClN3O4S/c1-2-18-9-3-5-10(6-4-9)19-24(22,23)11-7-12(15(17)21)14(20)13(16)8-11/h3-8,18-20H,2H2,1H3,(H2,17,21). The van der Waals surface area contributed by atoms with E-state index in [4.69, 9.17) is 17.3 Å². The fourth-order valence-corrected chi connectivity index (χ4v) is 3.39. The minimum Gasteiger partial charge on any atom is -0.506 e. The maximum atomic E-state index is 12.4. The molecule has 0 fully saturated rings. The summed E-state index contributed by atoms with van der Waals surface area (Å²) in [7, 11) is -4.01. The molecule has 9 heteroatoms. The molecule has 24 heavy (non-hydrogen) atoms. The Morgan fingerprint density at radius 2 is 1.79 bits per heavy atom. The number of halogens is 1. The Morgan fingerprint density at radius 3 is 2.33 bits per heavy atom. The molecule has 0 aromatic heterocycles. The van der Waals surface area contributed by atoms with Crippen molar-refractivity contribution in [2.24, 2.45) is 5.73 Å². The normalized spacial score (nSPS) is 11.1. The molecule has 7 nitrogen and oxygen atoms in total. The number of rotatable bonds is 6. The second-order valence-electron chi connectivity index (χ2n) is 4.88. The van der Waals surface area contributed by atoms with Gasteiger partial charge in [-0.3, -0.25) is 9.52 Å². The molecule has 0 radical (unpaired) electrons. The smallest absolute Gasteiger partial charge is 0.261 e. The van der Waals surface area contributed by atoms with E-state index in [1.165, 1.54) is 0 Å². The van der Waals surface area contributed by atoms with Crippen molar-refractivity contribution in [3.05, 3.63) is 47.0 Å². The van der Waals surface area contributed by atoms with E-state index in [9.17, 15) is 18.3 Å². The predicted octanol–water partition coefficient (Wildman–Crippen LogP) is 2.38. The van der Waals surface area contributed by atoms with Crippen molar-refractivity contribution in [2.75, 3.05) is 16.6 Å². The van der Waals surface area contributed by atoms with Gasteiger partial charge in [-0.15, -0.1) is 0 Å². The second-order valence-corrected chi connectivity index (χ2v) is 6.97. The number of carbonyl (C=O) groups is 1. The maximum absolute atomic E-state index is 12.4. The Hall–Kier alpha value is -2.45. The maximum Gasteiger partial charge on any atom is 0.261 e. The molecule has 0 saturated heterocycles. The number of hydrogen-bond donors (Lipinski definition) is 4. The van der Waals surface area contributed by atoms with Crippen LogP contribution in [-0.4, -0.2) is 26.0 Å². The van der Waals surface area contributed by atoms with Gasteiger partial charge in [0.1, 0.15) is 5.75 Å². The van der Waals surface area contributed by atoms with Crippen molar-refractivity contribution in [2.45, 2.75) is 11.8 Å². The van der Waals surface area contributed by atoms with Crippen LogP contribution in [0.2, 0.25) is 5.02 Å². The van der Waals surface area contributed by atoms with Crippen molar-refractivity contribution >= 4 is 38.9 Å². The lowest BCUT2D eigenvalue weighted by atomic mass is 10.2. The zero-order valence-corrected chi connectivity index (χ0v) is 14.3. The molecule has 0 aliphatic carbocycles. The predicted molar refractivity (Wildman–Crippen MR) is 93.0 cm³/mol. The third-order valence-corrected chi connectivity index (χ3v) is 4.78. The van der Waals surface area contributed by atoms with Crippen molar-refractivity contribution in [1.82, 2.24) is 0 Å². The van der Waals surface area contributed by atoms with Crippen LogP contribution in [0.25, 0.3) is 0 Å². The van der Waals surface area contributed by atoms with Gasteiger partial charge in [0.2, 0.25) is 0 Å². The average molecular weight is 370 g/mol. The number of carbonyl (C=O) groups excluding carboxylic acids is 1. The summed E-state index contributed by atoms with van der Waals surface area (Å²) in [4.78, 5) is 11.0. The number of benzene rings is 2. The van der Waals surface area contributed by atoms with Crippen LogP contribution in [0.3, 0.4) is 0 Å². The van der Waals surface area contributed by atoms with Crippen LogP contribution in [0.15, 0.2) is 41.3 Å². The van der Waals surface area contributed by atoms with Crippen LogP contribution in [0.5, 0.6) is 5.75 Å². The van der Waals surface area contributed by atoms with Gasteiger partial charge in [0.15, 0.2) is 0 Å². The third kappa shape index (κ3) is 3.90.